The van der Waals surface area contributed by atoms with Gasteiger partial charge >= 0.3 is 0 Å². The first kappa shape index (κ1) is 11.9. The second-order valence-electron chi connectivity index (χ2n) is 4.04. The summed E-state index contributed by atoms with van der Waals surface area (Å²) in [4.78, 5) is 4.23. The van der Waals surface area contributed by atoms with Crippen LogP contribution in [-0.2, 0) is 0 Å². The van der Waals surface area contributed by atoms with Gasteiger partial charge in [0.2, 0.25) is 0 Å². The molecule has 3 heterocycles. The van der Waals surface area contributed by atoms with Crippen LogP contribution in [0.15, 0.2) is 78.4 Å². The van der Waals surface area contributed by atoms with Crippen molar-refractivity contribution in [3.63, 3.8) is 0 Å². The molecule has 94 valence electrons. The molecule has 0 fully saturated rings. The van der Waals surface area contributed by atoms with E-state index in [1.54, 1.807) is 18.3 Å². The van der Waals surface area contributed by atoms with Gasteiger partial charge < -0.3 is 4.72 Å². The van der Waals surface area contributed by atoms with E-state index in [0.29, 0.717) is 0 Å². The minimum absolute atomic E-state index is 0.964. The summed E-state index contributed by atoms with van der Waals surface area (Å²) in [6.07, 6.45) is 18.2. The molecule has 0 saturated heterocycles. The first-order valence-corrected chi connectivity index (χ1v) is 6.77. The molecular weight excluding hydrogens is 254 g/mol. The predicted molar refractivity (Wildman–Crippen MR) is 80.3 cm³/mol. The lowest BCUT2D eigenvalue weighted by Crippen LogP contribution is -2.05. The molecule has 0 spiro atoms. The Morgan fingerprint density at radius 1 is 1.21 bits per heavy atom. The van der Waals surface area contributed by atoms with E-state index in [4.69, 9.17) is 0 Å². The van der Waals surface area contributed by atoms with Crippen LogP contribution < -0.4 is 4.72 Å². The van der Waals surface area contributed by atoms with Crippen LogP contribution in [0.2, 0.25) is 0 Å². The van der Waals surface area contributed by atoms with E-state index in [9.17, 15) is 0 Å². The van der Waals surface area contributed by atoms with E-state index in [1.807, 2.05) is 42.6 Å². The van der Waals surface area contributed by atoms with Crippen LogP contribution in [0.25, 0.3) is 6.08 Å². The van der Waals surface area contributed by atoms with E-state index in [2.05, 4.69) is 38.4 Å². The van der Waals surface area contributed by atoms with Crippen LogP contribution in [0.4, 0.5) is 0 Å². The van der Waals surface area contributed by atoms with E-state index in [1.165, 1.54) is 11.3 Å². The van der Waals surface area contributed by atoms with Crippen molar-refractivity contribution in [2.45, 2.75) is 0 Å². The highest BCUT2D eigenvalue weighted by Gasteiger charge is 2.14. The standard InChI is InChI=1S/C15H13N3S/c1(2-6-14-7-3-4-9-16-14)5-13-8-10-18-15(11-13)12-17-19-18/h1-12,17H. The number of hydrogen-bond donors (Lipinski definition) is 1. The topological polar surface area (TPSA) is 28.2 Å². The maximum atomic E-state index is 4.23. The third-order valence-corrected chi connectivity index (χ3v) is 3.44. The molecule has 0 radical (unpaired) electrons. The molecule has 0 atom stereocenters. The van der Waals surface area contributed by atoms with Crippen LogP contribution in [0.1, 0.15) is 5.69 Å². The maximum absolute atomic E-state index is 4.23. The molecule has 3 rings (SSSR count). The van der Waals surface area contributed by atoms with E-state index >= 15 is 0 Å². The minimum atomic E-state index is 0.964. The predicted octanol–water partition coefficient (Wildman–Crippen LogP) is 3.41. The number of nitrogens with zero attached hydrogens (tertiary/aromatic N) is 2. The molecule has 0 aliphatic carbocycles. The SMILES string of the molecule is C(C=Cc1ccccn1)=CC1=CC2=CNSN2C=C1. The maximum Gasteiger partial charge on any atom is 0.0726 e. The third-order valence-electron chi connectivity index (χ3n) is 2.68. The quantitative estimate of drug-likeness (QED) is 0.671. The molecule has 1 aromatic heterocycles. The first-order chi connectivity index (χ1) is 9.42. The molecular formula is C15H13N3S. The highest BCUT2D eigenvalue weighted by atomic mass is 32.2. The number of pyridine rings is 1. The van der Waals surface area contributed by atoms with Gasteiger partial charge in [-0.3, -0.25) is 9.29 Å². The molecule has 0 saturated carbocycles. The molecule has 0 unspecified atom stereocenters. The van der Waals surface area contributed by atoms with Crippen molar-refractivity contribution in [2.24, 2.45) is 0 Å². The lowest BCUT2D eigenvalue weighted by molar-refractivity contribution is 0.803. The third kappa shape index (κ3) is 2.98. The number of fused-ring (bicyclic) bond motifs is 1. The number of aromatic nitrogens is 1. The zero-order chi connectivity index (χ0) is 12.9. The fourth-order valence-electron chi connectivity index (χ4n) is 1.75. The summed E-state index contributed by atoms with van der Waals surface area (Å²) in [5.74, 6) is 0. The first-order valence-electron chi connectivity index (χ1n) is 5.99. The second kappa shape index (κ2) is 5.63. The lowest BCUT2D eigenvalue weighted by Gasteiger charge is -2.15. The van der Waals surface area contributed by atoms with Crippen molar-refractivity contribution in [2.75, 3.05) is 0 Å². The van der Waals surface area contributed by atoms with Gasteiger partial charge in [0.25, 0.3) is 0 Å². The molecule has 19 heavy (non-hydrogen) atoms. The van der Waals surface area contributed by atoms with Crippen molar-refractivity contribution in [1.82, 2.24) is 14.0 Å². The molecule has 1 aromatic rings. The largest absolute Gasteiger partial charge is 0.316 e. The average molecular weight is 267 g/mol. The highest BCUT2D eigenvalue weighted by molar-refractivity contribution is 7.95. The Morgan fingerprint density at radius 3 is 3.05 bits per heavy atom. The summed E-state index contributed by atoms with van der Waals surface area (Å²) in [5, 5.41) is 0. The van der Waals surface area contributed by atoms with Gasteiger partial charge in [0.1, 0.15) is 0 Å². The highest BCUT2D eigenvalue weighted by Crippen LogP contribution is 2.27. The molecule has 0 bridgehead atoms. The van der Waals surface area contributed by atoms with Crippen molar-refractivity contribution in [1.29, 1.82) is 0 Å². The molecule has 2 aliphatic rings. The minimum Gasteiger partial charge on any atom is -0.316 e. The Morgan fingerprint density at radius 2 is 2.16 bits per heavy atom. The Kier molecular flexibility index (Phi) is 3.51. The summed E-state index contributed by atoms with van der Waals surface area (Å²) < 4.78 is 5.20. The molecule has 0 aromatic carbocycles. The van der Waals surface area contributed by atoms with Crippen LogP contribution in [0.5, 0.6) is 0 Å². The number of nitrogens with one attached hydrogen (secondary N) is 1. The smallest absolute Gasteiger partial charge is 0.0726 e. The van der Waals surface area contributed by atoms with Gasteiger partial charge in [0.15, 0.2) is 0 Å². The van der Waals surface area contributed by atoms with Gasteiger partial charge in [-0.15, -0.1) is 0 Å². The number of hydrogen-bond acceptors (Lipinski definition) is 4. The Labute approximate surface area is 117 Å². The zero-order valence-electron chi connectivity index (χ0n) is 10.2. The van der Waals surface area contributed by atoms with Crippen LogP contribution in [0.3, 0.4) is 0 Å². The summed E-state index contributed by atoms with van der Waals surface area (Å²) in [5.41, 5.74) is 3.31. The van der Waals surface area contributed by atoms with Crippen LogP contribution in [-0.4, -0.2) is 9.29 Å². The number of rotatable bonds is 3. The molecule has 4 heteroatoms. The fraction of sp³-hybridized carbons (Fsp3) is 0. The Balaban J connectivity index is 1.64. The average Bonchev–Trinajstić information content (AvgIpc) is 2.92. The molecule has 2 aliphatic heterocycles. The van der Waals surface area contributed by atoms with Crippen LogP contribution >= 0.6 is 12.1 Å². The normalized spacial score (nSPS) is 17.6. The van der Waals surface area contributed by atoms with Crippen molar-refractivity contribution in [3.8, 4) is 0 Å². The molecule has 1 N–H and O–H groups in total. The van der Waals surface area contributed by atoms with E-state index < -0.39 is 0 Å². The Bertz CT molecular complexity index is 597. The van der Waals surface area contributed by atoms with E-state index in [-0.39, 0.29) is 0 Å². The number of allylic oxidation sites excluding steroid dienone is 6. The zero-order valence-corrected chi connectivity index (χ0v) is 11.0. The van der Waals surface area contributed by atoms with Crippen molar-refractivity contribution >= 4 is 18.2 Å². The van der Waals surface area contributed by atoms with Crippen LogP contribution in [0, 0.1) is 0 Å². The monoisotopic (exact) mass is 267 g/mol. The van der Waals surface area contributed by atoms with Gasteiger partial charge in [-0.05, 0) is 35.9 Å². The summed E-state index contributed by atoms with van der Waals surface area (Å²) in [7, 11) is 0. The molecule has 0 amide bonds. The van der Waals surface area contributed by atoms with Gasteiger partial charge in [0.05, 0.1) is 23.5 Å². The summed E-state index contributed by atoms with van der Waals surface area (Å²) >= 11 is 1.57. The van der Waals surface area contributed by atoms with Gasteiger partial charge in [-0.1, -0.05) is 24.3 Å². The van der Waals surface area contributed by atoms with Gasteiger partial charge in [-0.25, -0.2) is 0 Å². The molecule has 3 nitrogen and oxygen atoms in total. The van der Waals surface area contributed by atoms with Crippen molar-refractivity contribution in [3.05, 3.63) is 84.1 Å². The van der Waals surface area contributed by atoms with Gasteiger partial charge in [0, 0.05) is 18.6 Å². The lowest BCUT2D eigenvalue weighted by atomic mass is 10.1. The van der Waals surface area contributed by atoms with Crippen molar-refractivity contribution < 1.29 is 0 Å². The van der Waals surface area contributed by atoms with E-state index in [0.717, 1.165) is 5.69 Å². The summed E-state index contributed by atoms with van der Waals surface area (Å²) in [6, 6.07) is 5.88. The van der Waals surface area contributed by atoms with Gasteiger partial charge in [-0.2, -0.15) is 0 Å². The Hall–Kier alpha value is -2.20. The fourth-order valence-corrected chi connectivity index (χ4v) is 2.37. The second-order valence-corrected chi connectivity index (χ2v) is 4.85. The summed E-state index contributed by atoms with van der Waals surface area (Å²) in [6.45, 7) is 0.